The number of halogens is 3. The van der Waals surface area contributed by atoms with Crippen LogP contribution in [0.3, 0.4) is 0 Å². The monoisotopic (exact) mass is 227 g/mol. The molecule has 0 aliphatic heterocycles. The average Bonchev–Trinajstić information content (AvgIpc) is 2.97. The van der Waals surface area contributed by atoms with Crippen molar-refractivity contribution in [2.75, 3.05) is 0 Å². The number of benzene rings is 1. The van der Waals surface area contributed by atoms with E-state index in [1.807, 2.05) is 0 Å². The van der Waals surface area contributed by atoms with E-state index in [-0.39, 0.29) is 12.0 Å². The van der Waals surface area contributed by atoms with Gasteiger partial charge in [0.15, 0.2) is 0 Å². The van der Waals surface area contributed by atoms with Crippen molar-refractivity contribution in [3.8, 4) is 0 Å². The fourth-order valence-electron chi connectivity index (χ4n) is 1.67. The molecule has 5 heteroatoms. The number of nitrogens with zero attached hydrogens (tertiary/aromatic N) is 1. The molecule has 1 aromatic carbocycles. The zero-order valence-electron chi connectivity index (χ0n) is 8.16. The number of aliphatic imine (C=N–C) groups is 1. The number of carbonyl (C=O) groups excluding carboxylic acids is 1. The summed E-state index contributed by atoms with van der Waals surface area (Å²) in [6, 6.07) is 4.88. The van der Waals surface area contributed by atoms with Crippen molar-refractivity contribution in [1.82, 2.24) is 0 Å². The normalized spacial score (nSPS) is 23.7. The molecule has 0 heterocycles. The molecule has 1 aliphatic rings. The molecular formula is C11H8F3NO. The minimum absolute atomic E-state index is 0.0729. The van der Waals surface area contributed by atoms with Crippen LogP contribution in [0.25, 0.3) is 0 Å². The molecule has 2 nitrogen and oxygen atoms in total. The molecule has 84 valence electrons. The number of isocyanates is 1. The summed E-state index contributed by atoms with van der Waals surface area (Å²) in [5.74, 6) is 0.0729. The molecule has 16 heavy (non-hydrogen) atoms. The highest BCUT2D eigenvalue weighted by Gasteiger charge is 2.39. The minimum atomic E-state index is -4.30. The highest BCUT2D eigenvalue weighted by molar-refractivity contribution is 5.38. The maximum atomic E-state index is 12.3. The number of rotatable bonds is 2. The first-order chi connectivity index (χ1) is 7.52. The SMILES string of the molecule is O=C=NC1CC1c1ccc(C(F)(F)F)cc1. The zero-order chi connectivity index (χ0) is 11.8. The van der Waals surface area contributed by atoms with Gasteiger partial charge in [0.1, 0.15) is 0 Å². The van der Waals surface area contributed by atoms with Crippen LogP contribution in [-0.2, 0) is 11.0 Å². The standard InChI is InChI=1S/C11H8F3NO/c12-11(13,14)8-3-1-7(2-4-8)9-5-10(9)15-6-16/h1-4,9-10H,5H2. The molecule has 1 fully saturated rings. The summed E-state index contributed by atoms with van der Waals surface area (Å²) >= 11 is 0. The van der Waals surface area contributed by atoms with Crippen molar-refractivity contribution in [2.24, 2.45) is 4.99 Å². The van der Waals surface area contributed by atoms with Crippen LogP contribution in [0.1, 0.15) is 23.5 Å². The maximum Gasteiger partial charge on any atom is 0.416 e. The second-order valence-corrected chi connectivity index (χ2v) is 3.75. The van der Waals surface area contributed by atoms with Gasteiger partial charge in [-0.2, -0.15) is 13.2 Å². The van der Waals surface area contributed by atoms with E-state index in [9.17, 15) is 18.0 Å². The van der Waals surface area contributed by atoms with E-state index in [0.717, 1.165) is 17.7 Å². The number of hydrogen-bond donors (Lipinski definition) is 0. The van der Waals surface area contributed by atoms with Gasteiger partial charge in [-0.25, -0.2) is 9.79 Å². The Morgan fingerprint density at radius 3 is 2.38 bits per heavy atom. The molecule has 0 saturated heterocycles. The van der Waals surface area contributed by atoms with Gasteiger partial charge in [-0.3, -0.25) is 0 Å². The van der Waals surface area contributed by atoms with Gasteiger partial charge < -0.3 is 0 Å². The van der Waals surface area contributed by atoms with Crippen molar-refractivity contribution >= 4 is 6.08 Å². The van der Waals surface area contributed by atoms with Crippen LogP contribution in [0, 0.1) is 0 Å². The topological polar surface area (TPSA) is 29.4 Å². The molecule has 0 spiro atoms. The molecule has 0 aromatic heterocycles. The lowest BCUT2D eigenvalue weighted by Gasteiger charge is -2.06. The summed E-state index contributed by atoms with van der Waals surface area (Å²) in [6.07, 6.45) is -2.13. The molecule has 2 unspecified atom stereocenters. The molecule has 2 rings (SSSR count). The van der Waals surface area contributed by atoms with Gasteiger partial charge in [-0.15, -0.1) is 0 Å². The Hall–Kier alpha value is -1.61. The fraction of sp³-hybridized carbons (Fsp3) is 0.364. The van der Waals surface area contributed by atoms with Crippen LogP contribution >= 0.6 is 0 Å². The van der Waals surface area contributed by atoms with E-state index < -0.39 is 11.7 Å². The summed E-state index contributed by atoms with van der Waals surface area (Å²) in [4.78, 5) is 13.5. The Labute approximate surface area is 89.8 Å². The predicted octanol–water partition coefficient (Wildman–Crippen LogP) is 2.90. The Morgan fingerprint density at radius 1 is 1.25 bits per heavy atom. The van der Waals surface area contributed by atoms with E-state index >= 15 is 0 Å². The van der Waals surface area contributed by atoms with Crippen molar-refractivity contribution < 1.29 is 18.0 Å². The van der Waals surface area contributed by atoms with Gasteiger partial charge in [0.05, 0.1) is 11.6 Å². The molecule has 0 amide bonds. The Morgan fingerprint density at radius 2 is 1.88 bits per heavy atom. The smallest absolute Gasteiger partial charge is 0.211 e. The largest absolute Gasteiger partial charge is 0.416 e. The molecule has 2 atom stereocenters. The number of alkyl halides is 3. The first-order valence-electron chi connectivity index (χ1n) is 4.76. The van der Waals surface area contributed by atoms with Crippen LogP contribution in [0.15, 0.2) is 29.3 Å². The summed E-state index contributed by atoms with van der Waals surface area (Å²) in [7, 11) is 0. The lowest BCUT2D eigenvalue weighted by atomic mass is 10.1. The van der Waals surface area contributed by atoms with Gasteiger partial charge in [-0.05, 0) is 24.1 Å². The third-order valence-corrected chi connectivity index (χ3v) is 2.64. The Bertz CT molecular complexity index is 432. The lowest BCUT2D eigenvalue weighted by Crippen LogP contribution is -2.04. The van der Waals surface area contributed by atoms with Crippen LogP contribution < -0.4 is 0 Å². The molecule has 0 N–H and O–H groups in total. The van der Waals surface area contributed by atoms with Crippen LogP contribution in [0.5, 0.6) is 0 Å². The van der Waals surface area contributed by atoms with Crippen LogP contribution in [-0.4, -0.2) is 12.1 Å². The van der Waals surface area contributed by atoms with Gasteiger partial charge >= 0.3 is 6.18 Å². The fourth-order valence-corrected chi connectivity index (χ4v) is 1.67. The van der Waals surface area contributed by atoms with Crippen molar-refractivity contribution in [3.63, 3.8) is 0 Å². The van der Waals surface area contributed by atoms with Crippen molar-refractivity contribution in [2.45, 2.75) is 24.6 Å². The van der Waals surface area contributed by atoms with Crippen LogP contribution in [0.2, 0.25) is 0 Å². The summed E-state index contributed by atoms with van der Waals surface area (Å²) in [5.41, 5.74) is 0.129. The summed E-state index contributed by atoms with van der Waals surface area (Å²) < 4.78 is 36.8. The van der Waals surface area contributed by atoms with Crippen LogP contribution in [0.4, 0.5) is 13.2 Å². The predicted molar refractivity (Wildman–Crippen MR) is 50.7 cm³/mol. The minimum Gasteiger partial charge on any atom is -0.211 e. The van der Waals surface area contributed by atoms with Gasteiger partial charge in [-0.1, -0.05) is 12.1 Å². The summed E-state index contributed by atoms with van der Waals surface area (Å²) in [6.45, 7) is 0. The average molecular weight is 227 g/mol. The lowest BCUT2D eigenvalue weighted by molar-refractivity contribution is -0.137. The molecular weight excluding hydrogens is 219 g/mol. The van der Waals surface area contributed by atoms with E-state index in [1.165, 1.54) is 18.2 Å². The number of hydrogen-bond acceptors (Lipinski definition) is 2. The molecule has 1 saturated carbocycles. The van der Waals surface area contributed by atoms with E-state index in [0.29, 0.717) is 6.42 Å². The highest BCUT2D eigenvalue weighted by atomic mass is 19.4. The van der Waals surface area contributed by atoms with E-state index in [4.69, 9.17) is 0 Å². The maximum absolute atomic E-state index is 12.3. The van der Waals surface area contributed by atoms with Gasteiger partial charge in [0.2, 0.25) is 6.08 Å². The molecule has 1 aliphatic carbocycles. The molecule has 0 radical (unpaired) electrons. The van der Waals surface area contributed by atoms with E-state index in [2.05, 4.69) is 4.99 Å². The highest BCUT2D eigenvalue weighted by Crippen LogP contribution is 2.43. The Kier molecular flexibility index (Phi) is 2.56. The summed E-state index contributed by atoms with van der Waals surface area (Å²) in [5, 5.41) is 0. The van der Waals surface area contributed by atoms with Gasteiger partial charge in [0.25, 0.3) is 0 Å². The van der Waals surface area contributed by atoms with E-state index in [1.54, 1.807) is 0 Å². The third kappa shape index (κ3) is 2.14. The first-order valence-corrected chi connectivity index (χ1v) is 4.76. The van der Waals surface area contributed by atoms with Gasteiger partial charge in [0, 0.05) is 5.92 Å². The third-order valence-electron chi connectivity index (χ3n) is 2.64. The molecule has 0 bridgehead atoms. The first kappa shape index (κ1) is 10.9. The molecule has 1 aromatic rings. The van der Waals surface area contributed by atoms with Crippen molar-refractivity contribution in [3.05, 3.63) is 35.4 Å². The quantitative estimate of drug-likeness (QED) is 0.564. The zero-order valence-corrected chi connectivity index (χ0v) is 8.16. The van der Waals surface area contributed by atoms with Crippen molar-refractivity contribution in [1.29, 1.82) is 0 Å². The second-order valence-electron chi connectivity index (χ2n) is 3.75. The Balaban J connectivity index is 2.13. The second kappa shape index (κ2) is 3.76.